The normalized spacial score (nSPS) is 16.0. The van der Waals surface area contributed by atoms with Crippen LogP contribution in [0.2, 0.25) is 0 Å². The van der Waals surface area contributed by atoms with Crippen molar-refractivity contribution in [1.29, 1.82) is 0 Å². The van der Waals surface area contributed by atoms with E-state index in [1.54, 1.807) is 24.0 Å². The second-order valence-corrected chi connectivity index (χ2v) is 6.60. The molecule has 160 valence electrons. The van der Waals surface area contributed by atoms with Crippen LogP contribution in [0.15, 0.2) is 12.1 Å². The average molecular weight is 408 g/mol. The maximum Gasteiger partial charge on any atom is 0.311 e. The lowest BCUT2D eigenvalue weighted by molar-refractivity contribution is -0.154. The zero-order valence-electron chi connectivity index (χ0n) is 17.3. The number of likely N-dealkylation sites (tertiary alicyclic amines) is 1. The lowest BCUT2D eigenvalue weighted by Crippen LogP contribution is -2.42. The predicted molar refractivity (Wildman–Crippen MR) is 105 cm³/mol. The number of amides is 2. The first-order chi connectivity index (χ1) is 13.9. The number of carbonyl (C=O) groups is 3. The summed E-state index contributed by atoms with van der Waals surface area (Å²) in [5, 5.41) is 2.64. The smallest absolute Gasteiger partial charge is 0.311 e. The van der Waals surface area contributed by atoms with Crippen molar-refractivity contribution in [1.82, 2.24) is 4.90 Å². The Morgan fingerprint density at radius 3 is 2.31 bits per heavy atom. The van der Waals surface area contributed by atoms with E-state index < -0.39 is 24.4 Å². The van der Waals surface area contributed by atoms with Gasteiger partial charge in [-0.3, -0.25) is 14.4 Å². The Kier molecular flexibility index (Phi) is 8.11. The van der Waals surface area contributed by atoms with Gasteiger partial charge < -0.3 is 29.2 Å². The summed E-state index contributed by atoms with van der Waals surface area (Å²) in [6, 6.07) is 3.16. The van der Waals surface area contributed by atoms with Crippen LogP contribution in [-0.4, -0.2) is 63.7 Å². The maximum absolute atomic E-state index is 12.3. The lowest BCUT2D eigenvalue weighted by atomic mass is 9.98. The van der Waals surface area contributed by atoms with E-state index in [4.69, 9.17) is 18.9 Å². The molecule has 1 aromatic carbocycles. The van der Waals surface area contributed by atoms with E-state index in [1.165, 1.54) is 21.3 Å². The van der Waals surface area contributed by atoms with Crippen molar-refractivity contribution in [3.63, 3.8) is 0 Å². The van der Waals surface area contributed by atoms with Crippen LogP contribution in [0, 0.1) is 5.92 Å². The van der Waals surface area contributed by atoms with E-state index in [0.717, 1.165) is 6.42 Å². The molecule has 1 aliphatic rings. The van der Waals surface area contributed by atoms with Crippen LogP contribution >= 0.6 is 0 Å². The van der Waals surface area contributed by atoms with Crippen molar-refractivity contribution in [2.24, 2.45) is 5.92 Å². The van der Waals surface area contributed by atoms with Gasteiger partial charge in [-0.2, -0.15) is 0 Å². The number of hydrogen-bond acceptors (Lipinski definition) is 7. The number of benzene rings is 1. The molecule has 2 amide bonds. The van der Waals surface area contributed by atoms with Crippen molar-refractivity contribution < 1.29 is 33.3 Å². The van der Waals surface area contributed by atoms with Gasteiger partial charge in [0.15, 0.2) is 18.1 Å². The fraction of sp³-hybridized carbons (Fsp3) is 0.550. The molecule has 9 heteroatoms. The molecule has 1 heterocycles. The third-order valence-electron chi connectivity index (χ3n) is 4.70. The average Bonchev–Trinajstić information content (AvgIpc) is 2.76. The maximum atomic E-state index is 12.3. The fourth-order valence-electron chi connectivity index (χ4n) is 3.22. The number of rotatable bonds is 8. The molecule has 0 spiro atoms. The zero-order valence-corrected chi connectivity index (χ0v) is 17.3. The molecule has 1 aliphatic heterocycles. The van der Waals surface area contributed by atoms with Gasteiger partial charge in [0, 0.05) is 37.3 Å². The van der Waals surface area contributed by atoms with Crippen LogP contribution in [0.25, 0.3) is 0 Å². The Morgan fingerprint density at radius 1 is 1.10 bits per heavy atom. The topological polar surface area (TPSA) is 103 Å². The SMILES string of the molecule is CCC(=O)N1CCCC(C(=O)OCC(=O)Nc2cc(OC)c(OC)c(OC)c2)C1. The summed E-state index contributed by atoms with van der Waals surface area (Å²) in [5.41, 5.74) is 0.415. The highest BCUT2D eigenvalue weighted by atomic mass is 16.5. The Labute approximate surface area is 170 Å². The highest BCUT2D eigenvalue weighted by molar-refractivity contribution is 5.93. The van der Waals surface area contributed by atoms with Gasteiger partial charge in [0.05, 0.1) is 27.2 Å². The summed E-state index contributed by atoms with van der Waals surface area (Å²) in [6.07, 6.45) is 1.78. The first kappa shape index (κ1) is 22.3. The number of nitrogens with zero attached hydrogens (tertiary/aromatic N) is 1. The fourth-order valence-corrected chi connectivity index (χ4v) is 3.22. The lowest BCUT2D eigenvalue weighted by Gasteiger charge is -2.31. The Balaban J connectivity index is 1.93. The molecule has 1 N–H and O–H groups in total. The van der Waals surface area contributed by atoms with E-state index >= 15 is 0 Å². The summed E-state index contributed by atoms with van der Waals surface area (Å²) >= 11 is 0. The Bertz CT molecular complexity index is 725. The van der Waals surface area contributed by atoms with Gasteiger partial charge >= 0.3 is 5.97 Å². The first-order valence-electron chi connectivity index (χ1n) is 9.47. The van der Waals surface area contributed by atoms with E-state index in [0.29, 0.717) is 48.9 Å². The second kappa shape index (κ2) is 10.5. The molecular weight excluding hydrogens is 380 g/mol. The third-order valence-corrected chi connectivity index (χ3v) is 4.70. The molecule has 1 saturated heterocycles. The van der Waals surface area contributed by atoms with Crippen molar-refractivity contribution in [2.75, 3.05) is 46.3 Å². The molecular formula is C20H28N2O7. The van der Waals surface area contributed by atoms with Crippen LogP contribution < -0.4 is 19.5 Å². The summed E-state index contributed by atoms with van der Waals surface area (Å²) in [7, 11) is 4.43. The minimum Gasteiger partial charge on any atom is -0.493 e. The van der Waals surface area contributed by atoms with Gasteiger partial charge in [-0.25, -0.2) is 0 Å². The molecule has 1 aromatic rings. The van der Waals surface area contributed by atoms with Gasteiger partial charge in [0.25, 0.3) is 5.91 Å². The molecule has 0 bridgehead atoms. The highest BCUT2D eigenvalue weighted by Gasteiger charge is 2.29. The van der Waals surface area contributed by atoms with E-state index in [2.05, 4.69) is 5.32 Å². The van der Waals surface area contributed by atoms with Crippen LogP contribution in [-0.2, 0) is 19.1 Å². The molecule has 2 rings (SSSR count). The minimum atomic E-state index is -0.495. The van der Waals surface area contributed by atoms with Gasteiger partial charge in [0.2, 0.25) is 11.7 Å². The second-order valence-electron chi connectivity index (χ2n) is 6.60. The molecule has 29 heavy (non-hydrogen) atoms. The minimum absolute atomic E-state index is 0.0163. The molecule has 0 aliphatic carbocycles. The van der Waals surface area contributed by atoms with E-state index in [9.17, 15) is 14.4 Å². The van der Waals surface area contributed by atoms with Gasteiger partial charge in [0.1, 0.15) is 0 Å². The van der Waals surface area contributed by atoms with Crippen molar-refractivity contribution in [2.45, 2.75) is 26.2 Å². The summed E-state index contributed by atoms with van der Waals surface area (Å²) in [6.45, 7) is 2.35. The van der Waals surface area contributed by atoms with Gasteiger partial charge in [-0.05, 0) is 12.8 Å². The highest BCUT2D eigenvalue weighted by Crippen LogP contribution is 2.39. The number of hydrogen-bond donors (Lipinski definition) is 1. The van der Waals surface area contributed by atoms with E-state index in [1.807, 2.05) is 0 Å². The number of methoxy groups -OCH3 is 3. The number of anilines is 1. The predicted octanol–water partition coefficient (Wildman–Crippen LogP) is 1.84. The largest absolute Gasteiger partial charge is 0.493 e. The molecule has 1 atom stereocenters. The number of esters is 1. The van der Waals surface area contributed by atoms with Crippen molar-refractivity contribution in [3.05, 3.63) is 12.1 Å². The molecule has 0 saturated carbocycles. The molecule has 1 unspecified atom stereocenters. The summed E-state index contributed by atoms with van der Waals surface area (Å²) in [4.78, 5) is 38.0. The van der Waals surface area contributed by atoms with Crippen molar-refractivity contribution in [3.8, 4) is 17.2 Å². The number of piperidine rings is 1. The molecule has 0 aromatic heterocycles. The quantitative estimate of drug-likeness (QED) is 0.655. The van der Waals surface area contributed by atoms with Crippen LogP contribution in [0.5, 0.6) is 17.2 Å². The molecule has 1 fully saturated rings. The van der Waals surface area contributed by atoms with Crippen molar-refractivity contribution >= 4 is 23.5 Å². The zero-order chi connectivity index (χ0) is 21.4. The number of ether oxygens (including phenoxy) is 4. The summed E-state index contributed by atoms with van der Waals surface area (Å²) in [5.74, 6) is -0.175. The monoisotopic (exact) mass is 408 g/mol. The summed E-state index contributed by atoms with van der Waals surface area (Å²) < 4.78 is 20.9. The first-order valence-corrected chi connectivity index (χ1v) is 9.47. The molecule has 9 nitrogen and oxygen atoms in total. The molecule has 0 radical (unpaired) electrons. The number of nitrogens with one attached hydrogen (secondary N) is 1. The van der Waals surface area contributed by atoms with Crippen LogP contribution in [0.3, 0.4) is 0 Å². The Morgan fingerprint density at radius 2 is 1.76 bits per heavy atom. The van der Waals surface area contributed by atoms with Gasteiger partial charge in [-0.1, -0.05) is 6.92 Å². The van der Waals surface area contributed by atoms with E-state index in [-0.39, 0.29) is 5.91 Å². The van der Waals surface area contributed by atoms with Crippen LogP contribution in [0.1, 0.15) is 26.2 Å². The standard InChI is InChI=1S/C20H28N2O7/c1-5-18(24)22-8-6-7-13(11-22)20(25)29-12-17(23)21-14-9-15(26-2)19(28-4)16(10-14)27-3/h9-10,13H,5-8,11-12H2,1-4H3,(H,21,23). The Hall–Kier alpha value is -2.97. The van der Waals surface area contributed by atoms with Crippen LogP contribution in [0.4, 0.5) is 5.69 Å². The number of carbonyl (C=O) groups excluding carboxylic acids is 3. The van der Waals surface area contributed by atoms with Gasteiger partial charge in [-0.15, -0.1) is 0 Å². The third kappa shape index (κ3) is 5.75.